The molecule has 0 fully saturated rings. The highest BCUT2D eigenvalue weighted by atomic mass is 35.5. The Kier molecular flexibility index (Phi) is 18.4. The van der Waals surface area contributed by atoms with Crippen molar-refractivity contribution in [2.24, 2.45) is 0 Å². The van der Waals surface area contributed by atoms with Crippen LogP contribution in [0.3, 0.4) is 0 Å². The number of hydrogen-bond donors (Lipinski definition) is 5. The Morgan fingerprint density at radius 1 is 0.544 bits per heavy atom. The number of aromatic nitrogens is 3. The van der Waals surface area contributed by atoms with Gasteiger partial charge in [0, 0.05) is 66.4 Å². The molecule has 9 rings (SSSR count). The number of esters is 1. The highest BCUT2D eigenvalue weighted by molar-refractivity contribution is 6.31. The Hall–Kier alpha value is -8.37. The topological polar surface area (TPSA) is 228 Å². The SMILES string of the molecule is CCCCC(C(=O)O)c1c(C)n(C(=O)c2ccc(Cl)cc2)c2ccc(O)cc12.CCCc1c(O)ccc2c1c(OC(C)=O)c(C)n2C(=O)c1ccc(Cl)cc1.Cc1c(CC(=O)O)c2cc(O)ccc2n1C(=O)c1ccc(Cl)cc1. The van der Waals surface area contributed by atoms with E-state index in [4.69, 9.17) is 44.6 Å². The molecule has 0 aliphatic heterocycles. The lowest BCUT2D eigenvalue weighted by atomic mass is 9.91. The predicted molar refractivity (Wildman–Crippen MR) is 305 cm³/mol. The van der Waals surface area contributed by atoms with Gasteiger partial charge in [0.1, 0.15) is 17.2 Å². The van der Waals surface area contributed by atoms with Crippen molar-refractivity contribution in [1.29, 1.82) is 0 Å². The van der Waals surface area contributed by atoms with Gasteiger partial charge >= 0.3 is 17.9 Å². The molecule has 79 heavy (non-hydrogen) atoms. The largest absolute Gasteiger partial charge is 0.508 e. The van der Waals surface area contributed by atoms with Crippen LogP contribution < -0.4 is 4.74 Å². The van der Waals surface area contributed by atoms with Crippen LogP contribution in [0.25, 0.3) is 32.7 Å². The number of benzene rings is 6. The Balaban J connectivity index is 0.000000172. The Morgan fingerprint density at radius 2 is 0.987 bits per heavy atom. The lowest BCUT2D eigenvalue weighted by Crippen LogP contribution is -2.16. The monoisotopic (exact) mass is 1130 g/mol. The van der Waals surface area contributed by atoms with Gasteiger partial charge < -0.3 is 30.3 Å². The lowest BCUT2D eigenvalue weighted by molar-refractivity contribution is -0.139. The van der Waals surface area contributed by atoms with E-state index in [9.17, 15) is 49.2 Å². The molecule has 0 aliphatic rings. The van der Waals surface area contributed by atoms with Crippen LogP contribution in [0.15, 0.2) is 121 Å². The number of aliphatic carboxylic acids is 2. The summed E-state index contributed by atoms with van der Waals surface area (Å²) < 4.78 is 9.94. The molecule has 0 amide bonds. The molecule has 5 N–H and O–H groups in total. The quantitative estimate of drug-likeness (QED) is 0.0680. The van der Waals surface area contributed by atoms with Crippen LogP contribution in [0.4, 0.5) is 0 Å². The number of aromatic hydroxyl groups is 3. The van der Waals surface area contributed by atoms with Crippen molar-refractivity contribution in [3.8, 4) is 23.0 Å². The van der Waals surface area contributed by atoms with Gasteiger partial charge in [-0.2, -0.15) is 0 Å². The fraction of sp³-hybridized carbons (Fsp3) is 0.213. The van der Waals surface area contributed by atoms with Gasteiger partial charge in [0.25, 0.3) is 17.7 Å². The summed E-state index contributed by atoms with van der Waals surface area (Å²) in [5, 5.41) is 52.3. The van der Waals surface area contributed by atoms with Crippen LogP contribution in [-0.2, 0) is 27.2 Å². The number of ether oxygens (including phenoxy) is 1. The predicted octanol–water partition coefficient (Wildman–Crippen LogP) is 13.9. The third kappa shape index (κ3) is 12.5. The first-order valence-electron chi connectivity index (χ1n) is 25.1. The number of rotatable bonds is 13. The molecule has 1 unspecified atom stereocenters. The maximum atomic E-state index is 13.2. The smallest absolute Gasteiger partial charge is 0.311 e. The minimum absolute atomic E-state index is 0.0187. The van der Waals surface area contributed by atoms with Crippen LogP contribution in [0.2, 0.25) is 15.1 Å². The number of nitrogens with zero attached hydrogens (tertiary/aromatic N) is 3. The summed E-state index contributed by atoms with van der Waals surface area (Å²) in [6.45, 7) is 10.5. The second-order valence-electron chi connectivity index (χ2n) is 18.7. The Bertz CT molecular complexity index is 3820. The molecule has 0 spiro atoms. The van der Waals surface area contributed by atoms with Gasteiger partial charge in [0.2, 0.25) is 0 Å². The number of phenolic OH excluding ortho intramolecular Hbond substituents is 3. The van der Waals surface area contributed by atoms with E-state index in [0.717, 1.165) is 19.3 Å². The van der Waals surface area contributed by atoms with Crippen molar-refractivity contribution in [2.45, 2.75) is 86.0 Å². The third-order valence-electron chi connectivity index (χ3n) is 13.4. The minimum atomic E-state index is -1.00. The third-order valence-corrected chi connectivity index (χ3v) is 14.2. The number of halogens is 3. The molecule has 3 heterocycles. The summed E-state index contributed by atoms with van der Waals surface area (Å²) in [7, 11) is 0. The van der Waals surface area contributed by atoms with Gasteiger partial charge in [0.05, 0.1) is 40.0 Å². The molecule has 15 nitrogen and oxygen atoms in total. The number of aryl methyl sites for hydroxylation is 1. The molecule has 0 bridgehead atoms. The van der Waals surface area contributed by atoms with E-state index in [1.54, 1.807) is 118 Å². The summed E-state index contributed by atoms with van der Waals surface area (Å²) in [6.07, 6.45) is 3.25. The van der Waals surface area contributed by atoms with Crippen LogP contribution >= 0.6 is 34.8 Å². The summed E-state index contributed by atoms with van der Waals surface area (Å²) in [6, 6.07) is 32.1. The fourth-order valence-corrected chi connectivity index (χ4v) is 10.1. The van der Waals surface area contributed by atoms with Gasteiger partial charge in [-0.25, -0.2) is 0 Å². The summed E-state index contributed by atoms with van der Waals surface area (Å²) in [4.78, 5) is 74.1. The average molecular weight is 1130 g/mol. The van der Waals surface area contributed by atoms with Crippen LogP contribution in [0.5, 0.6) is 23.0 Å². The van der Waals surface area contributed by atoms with Crippen LogP contribution in [0, 0.1) is 20.8 Å². The zero-order chi connectivity index (χ0) is 57.6. The van der Waals surface area contributed by atoms with Crippen LogP contribution in [-0.4, -0.2) is 74.9 Å². The van der Waals surface area contributed by atoms with E-state index >= 15 is 0 Å². The molecular weight excluding hydrogens is 1070 g/mol. The molecule has 1 atom stereocenters. The van der Waals surface area contributed by atoms with Crippen molar-refractivity contribution in [2.75, 3.05) is 0 Å². The zero-order valence-electron chi connectivity index (χ0n) is 43.9. The van der Waals surface area contributed by atoms with E-state index in [2.05, 4.69) is 0 Å². The normalized spacial score (nSPS) is 11.4. The van der Waals surface area contributed by atoms with E-state index in [1.165, 1.54) is 44.9 Å². The van der Waals surface area contributed by atoms with Gasteiger partial charge in [-0.05, 0) is 166 Å². The Labute approximate surface area is 469 Å². The van der Waals surface area contributed by atoms with Gasteiger partial charge in [-0.3, -0.25) is 42.5 Å². The fourth-order valence-electron chi connectivity index (χ4n) is 9.76. The van der Waals surface area contributed by atoms with Crippen LogP contribution in [0.1, 0.15) is 117 Å². The molecule has 3 aromatic heterocycles. The average Bonchev–Trinajstić information content (AvgIpc) is 4.20. The van der Waals surface area contributed by atoms with E-state index in [-0.39, 0.29) is 41.4 Å². The van der Waals surface area contributed by atoms with E-state index in [1.807, 2.05) is 13.8 Å². The number of hydrogen-bond acceptors (Lipinski definition) is 10. The number of carboxylic acids is 2. The maximum absolute atomic E-state index is 13.2. The number of carbonyl (C=O) groups is 6. The van der Waals surface area contributed by atoms with Crippen molar-refractivity contribution in [3.05, 3.63) is 187 Å². The molecule has 0 aliphatic carbocycles. The highest BCUT2D eigenvalue weighted by Crippen LogP contribution is 2.41. The lowest BCUT2D eigenvalue weighted by Gasteiger charge is -2.13. The summed E-state index contributed by atoms with van der Waals surface area (Å²) >= 11 is 17.7. The highest BCUT2D eigenvalue weighted by Gasteiger charge is 2.30. The number of unbranched alkanes of at least 4 members (excludes halogenated alkanes) is 1. The van der Waals surface area contributed by atoms with E-state index < -0.39 is 23.8 Å². The van der Waals surface area contributed by atoms with Crippen molar-refractivity contribution >= 4 is 103 Å². The second-order valence-corrected chi connectivity index (χ2v) is 20.0. The van der Waals surface area contributed by atoms with E-state index in [0.29, 0.717) is 117 Å². The second kappa shape index (κ2) is 25.0. The molecular formula is C61H56Cl3N3O12. The summed E-state index contributed by atoms with van der Waals surface area (Å²) in [5.41, 5.74) is 6.43. The van der Waals surface area contributed by atoms with Gasteiger partial charge in [-0.1, -0.05) is 67.9 Å². The molecule has 6 aromatic carbocycles. The zero-order valence-corrected chi connectivity index (χ0v) is 46.2. The molecule has 9 aromatic rings. The molecule has 0 saturated heterocycles. The number of carboxylic acid groups (broad SMARTS) is 2. The number of carbonyl (C=O) groups excluding carboxylic acids is 4. The van der Waals surface area contributed by atoms with Crippen molar-refractivity contribution in [3.63, 3.8) is 0 Å². The van der Waals surface area contributed by atoms with Crippen molar-refractivity contribution in [1.82, 2.24) is 13.7 Å². The minimum Gasteiger partial charge on any atom is -0.508 e. The van der Waals surface area contributed by atoms with Crippen molar-refractivity contribution < 1.29 is 59.0 Å². The van der Waals surface area contributed by atoms with Gasteiger partial charge in [-0.15, -0.1) is 0 Å². The first-order valence-corrected chi connectivity index (χ1v) is 26.3. The first-order chi connectivity index (χ1) is 37.6. The summed E-state index contributed by atoms with van der Waals surface area (Å²) in [5.74, 6) is -3.50. The number of phenols is 3. The molecule has 18 heteroatoms. The Morgan fingerprint density at radius 3 is 1.43 bits per heavy atom. The molecule has 0 saturated carbocycles. The molecule has 408 valence electrons. The first kappa shape index (κ1) is 58.3. The standard InChI is InChI=1S/C22H22ClNO4.C21H20ClNO4.C18H14ClNO4/c1-3-4-5-17(22(27)28)20-13(2)24(19-11-10-16(25)12-18(19)20)21(26)14-6-8-15(23)9-7-14;1-4-5-16-18(25)11-10-17-19(16)20(27-13(3)24)12(2)23(17)21(26)14-6-8-15(22)9-7-14;1-10-14(9-17(22)23)15-8-13(21)6-7-16(15)20(10)18(24)11-2-4-12(19)5-3-11/h6-12,17,25H,3-5H2,1-2H3,(H,27,28);6-11,25H,4-5H2,1-3H3;2-8,21H,9H2,1H3,(H,22,23). The van der Waals surface area contributed by atoms with Gasteiger partial charge in [0.15, 0.2) is 5.75 Å². The maximum Gasteiger partial charge on any atom is 0.311 e. The number of fused-ring (bicyclic) bond motifs is 3. The molecule has 0 radical (unpaired) electrons.